The van der Waals surface area contributed by atoms with E-state index in [1.165, 1.54) is 11.8 Å². The number of esters is 1. The lowest BCUT2D eigenvalue weighted by Gasteiger charge is -2.08. The van der Waals surface area contributed by atoms with Crippen LogP contribution in [0.2, 0.25) is 24.7 Å². The van der Waals surface area contributed by atoms with E-state index in [-0.39, 0.29) is 5.91 Å². The molecule has 0 aliphatic heterocycles. The molecular formula is C28H25ClN2O3Si. The van der Waals surface area contributed by atoms with Crippen LogP contribution in [0.5, 0.6) is 0 Å². The van der Waals surface area contributed by atoms with Crippen molar-refractivity contribution in [2.24, 2.45) is 0 Å². The highest BCUT2D eigenvalue weighted by Gasteiger charge is 2.22. The van der Waals surface area contributed by atoms with Gasteiger partial charge in [0.15, 0.2) is 0 Å². The molecule has 35 heavy (non-hydrogen) atoms. The zero-order valence-electron chi connectivity index (χ0n) is 20.3. The van der Waals surface area contributed by atoms with Crippen molar-refractivity contribution in [1.82, 2.24) is 9.78 Å². The van der Waals surface area contributed by atoms with Gasteiger partial charge in [0, 0.05) is 16.5 Å². The van der Waals surface area contributed by atoms with Crippen molar-refractivity contribution in [2.75, 3.05) is 7.11 Å². The molecule has 5 nitrogen and oxygen atoms in total. The average Bonchev–Trinajstić information content (AvgIpc) is 3.20. The van der Waals surface area contributed by atoms with E-state index in [0.29, 0.717) is 27.4 Å². The Hall–Kier alpha value is -3.66. The zero-order chi connectivity index (χ0) is 25.3. The number of fused-ring (bicyclic) bond motifs is 1. The third-order valence-electron chi connectivity index (χ3n) is 5.47. The Morgan fingerprint density at radius 1 is 1.03 bits per heavy atom. The summed E-state index contributed by atoms with van der Waals surface area (Å²) in [5, 5.41) is 5.89. The van der Waals surface area contributed by atoms with Crippen LogP contribution < -0.4 is 0 Å². The van der Waals surface area contributed by atoms with Gasteiger partial charge in [0.2, 0.25) is 0 Å². The molecule has 1 aromatic heterocycles. The van der Waals surface area contributed by atoms with Crippen LogP contribution in [0, 0.1) is 18.4 Å². The van der Waals surface area contributed by atoms with Gasteiger partial charge in [0.25, 0.3) is 5.91 Å². The lowest BCUT2D eigenvalue weighted by molar-refractivity contribution is 0.0600. The van der Waals surface area contributed by atoms with Crippen LogP contribution >= 0.6 is 11.6 Å². The van der Waals surface area contributed by atoms with Gasteiger partial charge < -0.3 is 4.74 Å². The minimum Gasteiger partial charge on any atom is -0.465 e. The van der Waals surface area contributed by atoms with Crippen LogP contribution in [-0.4, -0.2) is 36.8 Å². The maximum Gasteiger partial charge on any atom is 0.337 e. The molecule has 0 aliphatic carbocycles. The number of aryl methyl sites for hydroxylation is 1. The molecule has 0 bridgehead atoms. The van der Waals surface area contributed by atoms with Gasteiger partial charge in [0.05, 0.1) is 28.8 Å². The summed E-state index contributed by atoms with van der Waals surface area (Å²) in [6, 6.07) is 18.1. The SMILES string of the molecule is COC(=O)c1ccc(-c2nn(C(=O)c3c(C)cccc3Cl)c3cc(C#C[Si](C)(C)C)ccc23)cc1. The van der Waals surface area contributed by atoms with Gasteiger partial charge in [-0.05, 0) is 48.9 Å². The molecule has 0 aliphatic rings. The molecule has 0 fully saturated rings. The topological polar surface area (TPSA) is 61.2 Å². The Labute approximate surface area is 210 Å². The van der Waals surface area contributed by atoms with Crippen LogP contribution in [0.1, 0.15) is 31.8 Å². The third-order valence-corrected chi connectivity index (χ3v) is 6.66. The Balaban J connectivity index is 1.92. The van der Waals surface area contributed by atoms with Gasteiger partial charge in [-0.25, -0.2) is 4.79 Å². The first-order chi connectivity index (χ1) is 16.6. The summed E-state index contributed by atoms with van der Waals surface area (Å²) in [6.45, 7) is 8.40. The van der Waals surface area contributed by atoms with E-state index < -0.39 is 14.0 Å². The fraction of sp³-hybridized carbons (Fsp3) is 0.179. The molecule has 4 rings (SSSR count). The molecule has 0 saturated heterocycles. The number of ether oxygens (including phenoxy) is 1. The summed E-state index contributed by atoms with van der Waals surface area (Å²) in [4.78, 5) is 25.5. The zero-order valence-corrected chi connectivity index (χ0v) is 22.0. The van der Waals surface area contributed by atoms with Crippen molar-refractivity contribution in [3.05, 3.63) is 87.9 Å². The van der Waals surface area contributed by atoms with E-state index in [9.17, 15) is 9.59 Å². The maximum atomic E-state index is 13.7. The number of hydrogen-bond donors (Lipinski definition) is 0. The minimum absolute atomic E-state index is 0.314. The summed E-state index contributed by atoms with van der Waals surface area (Å²) < 4.78 is 6.19. The molecule has 0 amide bonds. The van der Waals surface area contributed by atoms with E-state index in [0.717, 1.165) is 22.1 Å². The molecule has 0 N–H and O–H groups in total. The first-order valence-corrected chi connectivity index (χ1v) is 15.0. The normalized spacial score (nSPS) is 11.1. The summed E-state index contributed by atoms with van der Waals surface area (Å²) in [7, 11) is -0.238. The second kappa shape index (κ2) is 9.53. The Morgan fingerprint density at radius 2 is 1.74 bits per heavy atom. The highest BCUT2D eigenvalue weighted by molar-refractivity contribution is 6.83. The Bertz CT molecular complexity index is 1500. The standard InChI is InChI=1S/C28H25ClN2O3Si/c1-18-7-6-8-23(29)25(18)27(32)31-24-17-19(15-16-35(3,4)5)9-14-22(24)26(30-31)20-10-12-21(13-11-20)28(33)34-2/h6-14,17H,1-5H3. The molecule has 0 saturated carbocycles. The second-order valence-electron chi connectivity index (χ2n) is 9.30. The van der Waals surface area contributed by atoms with Gasteiger partial charge in [-0.1, -0.05) is 61.4 Å². The predicted molar refractivity (Wildman–Crippen MR) is 143 cm³/mol. The molecular weight excluding hydrogens is 476 g/mol. The number of methoxy groups -OCH3 is 1. The summed E-state index contributed by atoms with van der Waals surface area (Å²) in [5.41, 5.74) is 7.84. The summed E-state index contributed by atoms with van der Waals surface area (Å²) in [6.07, 6.45) is 0. The molecule has 0 radical (unpaired) electrons. The quantitative estimate of drug-likeness (QED) is 0.186. The lowest BCUT2D eigenvalue weighted by atomic mass is 10.0. The number of rotatable bonds is 3. The van der Waals surface area contributed by atoms with E-state index in [1.807, 2.05) is 37.3 Å². The monoisotopic (exact) mass is 500 g/mol. The molecule has 176 valence electrons. The number of benzene rings is 3. The number of aromatic nitrogens is 2. The number of halogens is 1. The number of nitrogens with zero attached hydrogens (tertiary/aromatic N) is 2. The number of carbonyl (C=O) groups is 2. The minimum atomic E-state index is -1.58. The number of carbonyl (C=O) groups excluding carboxylic acids is 2. The summed E-state index contributed by atoms with van der Waals surface area (Å²) in [5.74, 6) is 2.53. The van der Waals surface area contributed by atoms with Crippen molar-refractivity contribution >= 4 is 42.5 Å². The lowest BCUT2D eigenvalue weighted by Crippen LogP contribution is -2.16. The fourth-order valence-corrected chi connectivity index (χ4v) is 4.53. The first-order valence-electron chi connectivity index (χ1n) is 11.1. The van der Waals surface area contributed by atoms with Gasteiger partial charge in [-0.2, -0.15) is 9.78 Å². The Morgan fingerprint density at radius 3 is 2.37 bits per heavy atom. The molecule has 0 spiro atoms. The van der Waals surface area contributed by atoms with Gasteiger partial charge >= 0.3 is 5.97 Å². The fourth-order valence-electron chi connectivity index (χ4n) is 3.71. The van der Waals surface area contributed by atoms with Gasteiger partial charge in [0.1, 0.15) is 13.8 Å². The molecule has 7 heteroatoms. The van der Waals surface area contributed by atoms with Crippen molar-refractivity contribution in [1.29, 1.82) is 0 Å². The highest BCUT2D eigenvalue weighted by atomic mass is 35.5. The number of hydrogen-bond acceptors (Lipinski definition) is 4. The van der Waals surface area contributed by atoms with E-state index in [1.54, 1.807) is 30.3 Å². The molecule has 4 aromatic rings. The van der Waals surface area contributed by atoms with Crippen molar-refractivity contribution in [2.45, 2.75) is 26.6 Å². The molecule has 1 heterocycles. The molecule has 0 atom stereocenters. The molecule has 0 unspecified atom stereocenters. The average molecular weight is 501 g/mol. The predicted octanol–water partition coefficient (Wildman–Crippen LogP) is 6.37. The van der Waals surface area contributed by atoms with Gasteiger partial charge in [-0.15, -0.1) is 5.54 Å². The maximum absolute atomic E-state index is 13.7. The van der Waals surface area contributed by atoms with Crippen molar-refractivity contribution < 1.29 is 14.3 Å². The van der Waals surface area contributed by atoms with Crippen LogP contribution in [0.3, 0.4) is 0 Å². The Kier molecular flexibility index (Phi) is 6.66. The smallest absolute Gasteiger partial charge is 0.337 e. The van der Waals surface area contributed by atoms with Crippen molar-refractivity contribution in [3.63, 3.8) is 0 Å². The van der Waals surface area contributed by atoms with Crippen LogP contribution in [-0.2, 0) is 4.74 Å². The van der Waals surface area contributed by atoms with Crippen LogP contribution in [0.15, 0.2) is 60.7 Å². The van der Waals surface area contributed by atoms with Crippen LogP contribution in [0.25, 0.3) is 22.2 Å². The highest BCUT2D eigenvalue weighted by Crippen LogP contribution is 2.31. The van der Waals surface area contributed by atoms with E-state index in [4.69, 9.17) is 21.4 Å². The largest absolute Gasteiger partial charge is 0.465 e. The van der Waals surface area contributed by atoms with E-state index >= 15 is 0 Å². The van der Waals surface area contributed by atoms with Crippen molar-refractivity contribution in [3.8, 4) is 22.7 Å². The first kappa shape index (κ1) is 24.5. The van der Waals surface area contributed by atoms with Crippen LogP contribution in [0.4, 0.5) is 0 Å². The van der Waals surface area contributed by atoms with E-state index in [2.05, 4.69) is 31.1 Å². The van der Waals surface area contributed by atoms with Gasteiger partial charge in [-0.3, -0.25) is 4.79 Å². The third kappa shape index (κ3) is 5.07. The molecule has 3 aromatic carbocycles. The summed E-state index contributed by atoms with van der Waals surface area (Å²) >= 11 is 6.42. The second-order valence-corrected chi connectivity index (χ2v) is 14.5.